The van der Waals surface area contributed by atoms with Gasteiger partial charge in [-0.25, -0.2) is 0 Å². The second-order valence-corrected chi connectivity index (χ2v) is 10.2. The highest BCUT2D eigenvalue weighted by molar-refractivity contribution is 6.04. The molecule has 0 aromatic rings. The van der Waals surface area contributed by atoms with Gasteiger partial charge in [-0.2, -0.15) is 0 Å². The molecule has 144 valence electrons. The van der Waals surface area contributed by atoms with Gasteiger partial charge in [0.05, 0.1) is 11.5 Å². The minimum absolute atomic E-state index is 0.00930. The van der Waals surface area contributed by atoms with Crippen LogP contribution in [0.1, 0.15) is 66.2 Å². The van der Waals surface area contributed by atoms with Gasteiger partial charge < -0.3 is 9.84 Å². The monoisotopic (exact) mass is 360 g/mol. The van der Waals surface area contributed by atoms with Crippen LogP contribution in [-0.4, -0.2) is 29.1 Å². The third-order valence-corrected chi connectivity index (χ3v) is 8.71. The normalized spacial score (nSPS) is 49.3. The van der Waals surface area contributed by atoms with E-state index < -0.39 is 17.6 Å². The van der Waals surface area contributed by atoms with Crippen molar-refractivity contribution in [2.75, 3.05) is 0 Å². The Balaban J connectivity index is 1.90. The summed E-state index contributed by atoms with van der Waals surface area (Å²) in [4.78, 5) is 25.4. The lowest BCUT2D eigenvalue weighted by Gasteiger charge is -2.65. The van der Waals surface area contributed by atoms with Crippen molar-refractivity contribution in [1.82, 2.24) is 0 Å². The van der Waals surface area contributed by atoms with Crippen molar-refractivity contribution in [3.8, 4) is 0 Å². The minimum Gasteiger partial charge on any atom is -0.461 e. The number of ether oxygens (including phenoxy) is 1. The highest BCUT2D eigenvalue weighted by Gasteiger charge is 2.74. The first-order valence-corrected chi connectivity index (χ1v) is 10.2. The summed E-state index contributed by atoms with van der Waals surface area (Å²) in [5.41, 5.74) is -0.295. The molecule has 26 heavy (non-hydrogen) atoms. The molecule has 1 spiro atoms. The molecule has 4 saturated carbocycles. The third kappa shape index (κ3) is 2.00. The van der Waals surface area contributed by atoms with Crippen LogP contribution in [0.5, 0.6) is 0 Å². The zero-order valence-corrected chi connectivity index (χ0v) is 16.5. The first-order valence-electron chi connectivity index (χ1n) is 10.2. The van der Waals surface area contributed by atoms with Crippen molar-refractivity contribution in [2.24, 2.45) is 34.0 Å². The summed E-state index contributed by atoms with van der Waals surface area (Å²) in [6.45, 7) is 12.4. The molecule has 0 unspecified atom stereocenters. The standard InChI is InChI=1S/C22H32O4/c1-12-14-7-8-15-21(5)10-6-9-20(3,4)16(21)11-17(26-13(2)23)22(15,18(12)24)19(14)25/h14-17,19,25H,1,6-11H2,2-5H3/t14-,15+,16-,17-,19-,21+,22+/m1/s1. The lowest BCUT2D eigenvalue weighted by atomic mass is 9.40. The molecule has 2 bridgehead atoms. The van der Waals surface area contributed by atoms with Crippen LogP contribution in [0.2, 0.25) is 0 Å². The number of carbonyl (C=O) groups excluding carboxylic acids is 2. The molecule has 0 saturated heterocycles. The summed E-state index contributed by atoms with van der Waals surface area (Å²) in [6.07, 6.45) is 4.48. The molecule has 4 aliphatic rings. The van der Waals surface area contributed by atoms with Crippen molar-refractivity contribution in [2.45, 2.75) is 78.4 Å². The average molecular weight is 360 g/mol. The second-order valence-electron chi connectivity index (χ2n) is 10.2. The van der Waals surface area contributed by atoms with Crippen molar-refractivity contribution in [3.63, 3.8) is 0 Å². The fraction of sp³-hybridized carbons (Fsp3) is 0.818. The van der Waals surface area contributed by atoms with Gasteiger partial charge in [0, 0.05) is 12.8 Å². The van der Waals surface area contributed by atoms with Crippen LogP contribution in [0.4, 0.5) is 0 Å². The van der Waals surface area contributed by atoms with E-state index in [-0.39, 0.29) is 34.4 Å². The maximum absolute atomic E-state index is 13.5. The molecule has 4 aliphatic carbocycles. The van der Waals surface area contributed by atoms with Gasteiger partial charge in [-0.3, -0.25) is 9.59 Å². The fourth-order valence-electron chi connectivity index (χ4n) is 7.75. The van der Waals surface area contributed by atoms with E-state index in [4.69, 9.17) is 4.74 Å². The Morgan fingerprint density at radius 3 is 2.54 bits per heavy atom. The molecule has 0 heterocycles. The Labute approximate surface area is 156 Å². The highest BCUT2D eigenvalue weighted by Crippen LogP contribution is 2.71. The van der Waals surface area contributed by atoms with E-state index in [2.05, 4.69) is 27.4 Å². The van der Waals surface area contributed by atoms with E-state index in [1.807, 2.05) is 0 Å². The predicted molar refractivity (Wildman–Crippen MR) is 98.2 cm³/mol. The van der Waals surface area contributed by atoms with Gasteiger partial charge in [-0.05, 0) is 60.3 Å². The quantitative estimate of drug-likeness (QED) is 0.572. The predicted octanol–water partition coefficient (Wildman–Crippen LogP) is 3.67. The van der Waals surface area contributed by atoms with Gasteiger partial charge in [0.1, 0.15) is 6.10 Å². The van der Waals surface area contributed by atoms with Crippen LogP contribution in [0.3, 0.4) is 0 Å². The fourth-order valence-corrected chi connectivity index (χ4v) is 7.75. The first-order chi connectivity index (χ1) is 12.1. The number of ketones is 1. The summed E-state index contributed by atoms with van der Waals surface area (Å²) in [6, 6.07) is 0. The van der Waals surface area contributed by atoms with Gasteiger partial charge in [0.15, 0.2) is 5.78 Å². The Morgan fingerprint density at radius 2 is 1.88 bits per heavy atom. The van der Waals surface area contributed by atoms with Gasteiger partial charge in [0.2, 0.25) is 0 Å². The number of carbonyl (C=O) groups is 2. The van der Waals surface area contributed by atoms with Crippen LogP contribution < -0.4 is 0 Å². The molecule has 0 radical (unpaired) electrons. The maximum Gasteiger partial charge on any atom is 0.302 e. The van der Waals surface area contributed by atoms with Crippen LogP contribution in [0, 0.1) is 34.0 Å². The van der Waals surface area contributed by atoms with E-state index in [9.17, 15) is 14.7 Å². The summed E-state index contributed by atoms with van der Waals surface area (Å²) in [5.74, 6) is -0.134. The number of hydrogen-bond acceptors (Lipinski definition) is 4. The Bertz CT molecular complexity index is 680. The number of esters is 1. The molecule has 0 aliphatic heterocycles. The Hall–Kier alpha value is -1.16. The van der Waals surface area contributed by atoms with E-state index in [0.29, 0.717) is 17.9 Å². The number of hydrogen-bond donors (Lipinski definition) is 1. The van der Waals surface area contributed by atoms with E-state index in [1.54, 1.807) is 0 Å². The highest BCUT2D eigenvalue weighted by atomic mass is 16.5. The van der Waals surface area contributed by atoms with Crippen molar-refractivity contribution < 1.29 is 19.4 Å². The SMILES string of the molecule is C=C1C(=O)[C@]23[C@H](O)[C@@H]1CC[C@H]2[C@]1(C)CCCC(C)(C)[C@H]1C[C@H]3OC(C)=O. The van der Waals surface area contributed by atoms with Crippen molar-refractivity contribution >= 4 is 11.8 Å². The summed E-state index contributed by atoms with van der Waals surface area (Å²) < 4.78 is 5.80. The average Bonchev–Trinajstić information content (AvgIpc) is 2.65. The summed E-state index contributed by atoms with van der Waals surface area (Å²) in [7, 11) is 0. The maximum atomic E-state index is 13.5. The lowest BCUT2D eigenvalue weighted by Crippen LogP contribution is -2.67. The molecule has 0 amide bonds. The molecular formula is C22H32O4. The number of rotatable bonds is 1. The van der Waals surface area contributed by atoms with E-state index in [1.165, 1.54) is 6.92 Å². The van der Waals surface area contributed by atoms with Crippen LogP contribution >= 0.6 is 0 Å². The van der Waals surface area contributed by atoms with Crippen LogP contribution in [0.15, 0.2) is 12.2 Å². The first kappa shape index (κ1) is 18.2. The number of aliphatic hydroxyl groups is 1. The molecule has 1 N–H and O–H groups in total. The van der Waals surface area contributed by atoms with Crippen molar-refractivity contribution in [3.05, 3.63) is 12.2 Å². The third-order valence-electron chi connectivity index (χ3n) is 8.71. The summed E-state index contributed by atoms with van der Waals surface area (Å²) >= 11 is 0. The summed E-state index contributed by atoms with van der Waals surface area (Å²) in [5, 5.41) is 11.3. The lowest BCUT2D eigenvalue weighted by molar-refractivity contribution is -0.233. The van der Waals surface area contributed by atoms with E-state index in [0.717, 1.165) is 32.1 Å². The van der Waals surface area contributed by atoms with Crippen LogP contribution in [0.25, 0.3) is 0 Å². The zero-order valence-electron chi connectivity index (χ0n) is 16.5. The molecule has 4 nitrogen and oxygen atoms in total. The van der Waals surface area contributed by atoms with Gasteiger partial charge >= 0.3 is 5.97 Å². The minimum atomic E-state index is -0.982. The Kier molecular flexibility index (Phi) is 3.81. The van der Waals surface area contributed by atoms with Gasteiger partial charge in [-0.1, -0.05) is 33.8 Å². The largest absolute Gasteiger partial charge is 0.461 e. The molecule has 4 fully saturated rings. The smallest absolute Gasteiger partial charge is 0.302 e. The van der Waals surface area contributed by atoms with E-state index >= 15 is 0 Å². The molecule has 7 atom stereocenters. The zero-order chi connectivity index (χ0) is 19.1. The van der Waals surface area contributed by atoms with Crippen LogP contribution in [-0.2, 0) is 14.3 Å². The van der Waals surface area contributed by atoms with Crippen molar-refractivity contribution in [1.29, 1.82) is 0 Å². The van der Waals surface area contributed by atoms with Gasteiger partial charge in [0.25, 0.3) is 0 Å². The molecular weight excluding hydrogens is 328 g/mol. The molecule has 4 rings (SSSR count). The van der Waals surface area contributed by atoms with Gasteiger partial charge in [-0.15, -0.1) is 0 Å². The Morgan fingerprint density at radius 1 is 1.19 bits per heavy atom. The molecule has 0 aromatic carbocycles. The second kappa shape index (κ2) is 5.43. The topological polar surface area (TPSA) is 63.6 Å². The molecule has 4 heteroatoms. The number of fused-ring (bicyclic) bond motifs is 3. The molecule has 0 aromatic heterocycles. The number of aliphatic hydroxyl groups excluding tert-OH is 1. The number of Topliss-reactive ketones (excluding diaryl/α,β-unsaturated/α-hetero) is 1.